The molecule has 2 unspecified atom stereocenters. The fourth-order valence-electron chi connectivity index (χ4n) is 2.22. The number of fused-ring (bicyclic) bond motifs is 1. The second kappa shape index (κ2) is 4.55. The normalized spacial score (nSPS) is 24.6. The van der Waals surface area contributed by atoms with Gasteiger partial charge in [-0.05, 0) is 19.1 Å². The van der Waals surface area contributed by atoms with Gasteiger partial charge in [0.05, 0.1) is 6.26 Å². The molecular formula is C13H13F2NOS. The van der Waals surface area contributed by atoms with Crippen LogP contribution in [0.25, 0.3) is 11.0 Å². The van der Waals surface area contributed by atoms with Crippen LogP contribution in [0.1, 0.15) is 17.7 Å². The van der Waals surface area contributed by atoms with Crippen molar-refractivity contribution in [3.05, 3.63) is 35.6 Å². The van der Waals surface area contributed by atoms with Crippen LogP contribution < -0.4 is 5.32 Å². The summed E-state index contributed by atoms with van der Waals surface area (Å²) in [6.45, 7) is 2.64. The van der Waals surface area contributed by atoms with Crippen LogP contribution in [0.2, 0.25) is 0 Å². The smallest absolute Gasteiger partial charge is 0.173 e. The average molecular weight is 269 g/mol. The SMILES string of the molecule is CC1CSC(c2c(F)cc3ccoc3c2F)CN1. The third-order valence-corrected chi connectivity index (χ3v) is 4.69. The minimum absolute atomic E-state index is 0.127. The molecule has 96 valence electrons. The van der Waals surface area contributed by atoms with E-state index in [0.29, 0.717) is 18.0 Å². The van der Waals surface area contributed by atoms with Crippen LogP contribution in [-0.4, -0.2) is 18.3 Å². The number of rotatable bonds is 1. The molecule has 1 aliphatic heterocycles. The van der Waals surface area contributed by atoms with E-state index in [1.165, 1.54) is 12.3 Å². The molecule has 1 aromatic carbocycles. The number of hydrogen-bond acceptors (Lipinski definition) is 3. The summed E-state index contributed by atoms with van der Waals surface area (Å²) in [6.07, 6.45) is 1.38. The number of thioether (sulfide) groups is 1. The first kappa shape index (κ1) is 12.0. The van der Waals surface area contributed by atoms with E-state index in [4.69, 9.17) is 4.42 Å². The lowest BCUT2D eigenvalue weighted by molar-refractivity contribution is 0.509. The van der Waals surface area contributed by atoms with Crippen molar-refractivity contribution in [2.24, 2.45) is 0 Å². The Morgan fingerprint density at radius 2 is 2.28 bits per heavy atom. The number of furan rings is 1. The van der Waals surface area contributed by atoms with Crippen molar-refractivity contribution >= 4 is 22.7 Å². The number of halogens is 2. The monoisotopic (exact) mass is 269 g/mol. The van der Waals surface area contributed by atoms with E-state index < -0.39 is 11.6 Å². The summed E-state index contributed by atoms with van der Waals surface area (Å²) in [5, 5.41) is 3.51. The molecule has 0 aliphatic carbocycles. The van der Waals surface area contributed by atoms with Crippen molar-refractivity contribution in [3.63, 3.8) is 0 Å². The van der Waals surface area contributed by atoms with Gasteiger partial charge in [0.25, 0.3) is 0 Å². The molecule has 1 aliphatic rings. The molecule has 1 aromatic heterocycles. The standard InChI is InChI=1S/C13H13F2NOS/c1-7-6-18-10(5-16-7)11-9(14)4-8-2-3-17-13(8)12(11)15/h2-4,7,10,16H,5-6H2,1H3. The topological polar surface area (TPSA) is 25.2 Å². The van der Waals surface area contributed by atoms with Crippen LogP contribution in [0.4, 0.5) is 8.78 Å². The lowest BCUT2D eigenvalue weighted by Crippen LogP contribution is -2.36. The Bertz CT molecular complexity index is 576. The molecule has 18 heavy (non-hydrogen) atoms. The van der Waals surface area contributed by atoms with E-state index in [0.717, 1.165) is 5.75 Å². The van der Waals surface area contributed by atoms with Crippen molar-refractivity contribution in [2.75, 3.05) is 12.3 Å². The quantitative estimate of drug-likeness (QED) is 0.858. The van der Waals surface area contributed by atoms with E-state index in [-0.39, 0.29) is 16.4 Å². The lowest BCUT2D eigenvalue weighted by atomic mass is 10.1. The highest BCUT2D eigenvalue weighted by molar-refractivity contribution is 7.99. The molecule has 0 radical (unpaired) electrons. The van der Waals surface area contributed by atoms with Crippen molar-refractivity contribution in [1.82, 2.24) is 5.32 Å². The van der Waals surface area contributed by atoms with E-state index in [2.05, 4.69) is 12.2 Å². The summed E-state index contributed by atoms with van der Waals surface area (Å²) >= 11 is 1.58. The molecule has 0 amide bonds. The summed E-state index contributed by atoms with van der Waals surface area (Å²) < 4.78 is 33.4. The Hall–Kier alpha value is -1.07. The summed E-state index contributed by atoms with van der Waals surface area (Å²) in [5.41, 5.74) is 0.271. The Morgan fingerprint density at radius 3 is 3.00 bits per heavy atom. The Kier molecular flexibility index (Phi) is 3.03. The molecule has 2 heterocycles. The maximum Gasteiger partial charge on any atom is 0.173 e. The molecule has 5 heteroatoms. The van der Waals surface area contributed by atoms with Gasteiger partial charge in [0.2, 0.25) is 0 Å². The van der Waals surface area contributed by atoms with Crippen LogP contribution in [0.15, 0.2) is 22.8 Å². The van der Waals surface area contributed by atoms with Gasteiger partial charge in [0.1, 0.15) is 5.82 Å². The minimum Gasteiger partial charge on any atom is -0.461 e. The Balaban J connectivity index is 2.05. The zero-order chi connectivity index (χ0) is 12.7. The molecule has 0 saturated carbocycles. The van der Waals surface area contributed by atoms with Crippen molar-refractivity contribution in [3.8, 4) is 0 Å². The van der Waals surface area contributed by atoms with Gasteiger partial charge in [0.15, 0.2) is 11.4 Å². The van der Waals surface area contributed by atoms with Crippen LogP contribution in [0, 0.1) is 11.6 Å². The molecule has 2 atom stereocenters. The highest BCUT2D eigenvalue weighted by Gasteiger charge is 2.27. The molecule has 3 rings (SSSR count). The van der Waals surface area contributed by atoms with Crippen LogP contribution >= 0.6 is 11.8 Å². The molecule has 1 fully saturated rings. The lowest BCUT2D eigenvalue weighted by Gasteiger charge is -2.27. The predicted octanol–water partition coefficient (Wildman–Crippen LogP) is 3.48. The second-order valence-corrected chi connectivity index (χ2v) is 5.79. The number of nitrogens with one attached hydrogen (secondary N) is 1. The van der Waals surface area contributed by atoms with Gasteiger partial charge in [-0.1, -0.05) is 0 Å². The van der Waals surface area contributed by atoms with E-state index in [1.807, 2.05) is 0 Å². The second-order valence-electron chi connectivity index (χ2n) is 4.56. The van der Waals surface area contributed by atoms with Crippen molar-refractivity contribution in [1.29, 1.82) is 0 Å². The zero-order valence-corrected chi connectivity index (χ0v) is 10.7. The number of hydrogen-bond donors (Lipinski definition) is 1. The molecule has 0 spiro atoms. The van der Waals surface area contributed by atoms with E-state index in [1.54, 1.807) is 17.8 Å². The first-order valence-electron chi connectivity index (χ1n) is 5.87. The highest BCUT2D eigenvalue weighted by Crippen LogP contribution is 2.37. The minimum atomic E-state index is -0.566. The molecule has 0 bridgehead atoms. The van der Waals surface area contributed by atoms with Gasteiger partial charge in [0, 0.05) is 34.5 Å². The summed E-state index contributed by atoms with van der Waals surface area (Å²) in [6, 6.07) is 3.29. The van der Waals surface area contributed by atoms with Crippen LogP contribution in [-0.2, 0) is 0 Å². The first-order valence-corrected chi connectivity index (χ1v) is 6.92. The zero-order valence-electron chi connectivity index (χ0n) is 9.87. The molecular weight excluding hydrogens is 256 g/mol. The van der Waals surface area contributed by atoms with Crippen LogP contribution in [0.3, 0.4) is 0 Å². The van der Waals surface area contributed by atoms with Gasteiger partial charge in [-0.15, -0.1) is 0 Å². The molecule has 1 N–H and O–H groups in total. The maximum atomic E-state index is 14.3. The largest absolute Gasteiger partial charge is 0.461 e. The van der Waals surface area contributed by atoms with Gasteiger partial charge in [-0.25, -0.2) is 8.78 Å². The summed E-state index contributed by atoms with van der Waals surface area (Å²) in [4.78, 5) is 0. The number of benzene rings is 1. The predicted molar refractivity (Wildman–Crippen MR) is 68.8 cm³/mol. The maximum absolute atomic E-state index is 14.3. The third kappa shape index (κ3) is 1.91. The van der Waals surface area contributed by atoms with Gasteiger partial charge >= 0.3 is 0 Å². The third-order valence-electron chi connectivity index (χ3n) is 3.19. The molecule has 2 nitrogen and oxygen atoms in total. The van der Waals surface area contributed by atoms with Gasteiger partial charge < -0.3 is 9.73 Å². The Morgan fingerprint density at radius 1 is 1.44 bits per heavy atom. The first-order chi connectivity index (χ1) is 8.66. The molecule has 2 aromatic rings. The van der Waals surface area contributed by atoms with E-state index >= 15 is 0 Å². The van der Waals surface area contributed by atoms with E-state index in [9.17, 15) is 8.78 Å². The van der Waals surface area contributed by atoms with Crippen molar-refractivity contribution in [2.45, 2.75) is 18.2 Å². The fourth-order valence-corrected chi connectivity index (χ4v) is 3.46. The Labute approximate surface area is 108 Å². The fraction of sp³-hybridized carbons (Fsp3) is 0.385. The van der Waals surface area contributed by atoms with Gasteiger partial charge in [-0.3, -0.25) is 0 Å². The summed E-state index contributed by atoms with van der Waals surface area (Å²) in [7, 11) is 0. The van der Waals surface area contributed by atoms with Gasteiger partial charge in [-0.2, -0.15) is 11.8 Å². The van der Waals surface area contributed by atoms with Crippen molar-refractivity contribution < 1.29 is 13.2 Å². The summed E-state index contributed by atoms with van der Waals surface area (Å²) in [5.74, 6) is -0.209. The molecule has 1 saturated heterocycles. The average Bonchev–Trinajstić information content (AvgIpc) is 2.80. The highest BCUT2D eigenvalue weighted by atomic mass is 32.2. The van der Waals surface area contributed by atoms with Crippen LogP contribution in [0.5, 0.6) is 0 Å².